The van der Waals surface area contributed by atoms with Crippen molar-refractivity contribution in [3.05, 3.63) is 0 Å². The number of hydrogen-bond acceptors (Lipinski definition) is 0. The third-order valence-corrected chi connectivity index (χ3v) is 1.11. The molecule has 0 heterocycles. The Morgan fingerprint density at radius 3 is 1.55 bits per heavy atom. The molecule has 0 aliphatic rings. The van der Waals surface area contributed by atoms with E-state index < -0.39 is 12.8 Å². The van der Waals surface area contributed by atoms with Gasteiger partial charge in [0, 0.05) is 90.5 Å². The third kappa shape index (κ3) is 7.59. The molecule has 0 amide bonds. The minimum atomic E-state index is -0.528. The van der Waals surface area contributed by atoms with E-state index in [1.165, 1.54) is 7.06 Å². The van der Waals surface area contributed by atoms with E-state index in [0.717, 1.165) is 0 Å². The van der Waals surface area contributed by atoms with Gasteiger partial charge in [-0.05, 0) is 0 Å². The summed E-state index contributed by atoms with van der Waals surface area (Å²) >= 11 is 0. The molecule has 0 atom stereocenters. The van der Waals surface area contributed by atoms with Crippen LogP contribution in [0, 0.1) is 0 Å². The molecule has 0 aromatic heterocycles. The van der Waals surface area contributed by atoms with E-state index in [9.17, 15) is 0 Å². The van der Waals surface area contributed by atoms with Crippen molar-refractivity contribution < 1.29 is 18.6 Å². The Kier molecular flexibility index (Phi) is 10.5. The molecule has 0 saturated heterocycles. The first-order valence-electron chi connectivity index (χ1n) is 3.00. The van der Waals surface area contributed by atoms with E-state index in [2.05, 4.69) is 0 Å². The zero-order valence-corrected chi connectivity index (χ0v) is 7.62. The third-order valence-electron chi connectivity index (χ3n) is 1.11. The second-order valence-electron chi connectivity index (χ2n) is 2.12. The maximum Gasteiger partial charge on any atom is 0 e. The molecule has 0 aliphatic carbocycles. The van der Waals surface area contributed by atoms with Crippen LogP contribution in [0.15, 0.2) is 0 Å². The van der Waals surface area contributed by atoms with Gasteiger partial charge in [0.25, 0.3) is 0 Å². The van der Waals surface area contributed by atoms with Gasteiger partial charge in [0.15, 0.2) is 0 Å². The van der Waals surface area contributed by atoms with Crippen LogP contribution in [0.3, 0.4) is 0 Å². The van der Waals surface area contributed by atoms with Gasteiger partial charge in [-0.25, -0.2) is 0 Å². The summed E-state index contributed by atoms with van der Waals surface area (Å²) in [4.78, 5) is 0. The van der Waals surface area contributed by atoms with Gasteiger partial charge >= 0.3 is 0 Å². The van der Waals surface area contributed by atoms with Gasteiger partial charge in [0.2, 0.25) is 0 Å². The van der Waals surface area contributed by atoms with Crippen molar-refractivity contribution >= 4 is 72.0 Å². The second-order valence-corrected chi connectivity index (χ2v) is 2.12. The van der Waals surface area contributed by atoms with Crippen LogP contribution in [-0.4, -0.2) is 72.0 Å². The number of hydrogen-bond donors (Lipinski definition) is 0. The molecular formula is B10V. The normalized spacial score (nSPS) is 7.27. The minimum Gasteiger partial charge on any atom is 0 e. The van der Waals surface area contributed by atoms with Crippen LogP contribution in [-0.2, 0) is 18.6 Å². The Balaban J connectivity index is 0. The number of rotatable bonds is 4. The van der Waals surface area contributed by atoms with Gasteiger partial charge < -0.3 is 0 Å². The Morgan fingerprint density at radius 2 is 1.45 bits per heavy atom. The molecule has 0 bridgehead atoms. The van der Waals surface area contributed by atoms with Crippen LogP contribution >= 0.6 is 0 Å². The summed E-state index contributed by atoms with van der Waals surface area (Å²) in [6, 6.07) is 0. The molecule has 11 heavy (non-hydrogen) atoms. The van der Waals surface area contributed by atoms with Crippen molar-refractivity contribution in [2.75, 3.05) is 0 Å². The molecule has 0 spiro atoms. The second kappa shape index (κ2) is 7.86. The maximum atomic E-state index is 5.32. The largest absolute Gasteiger partial charge is 0 e. The quantitative estimate of drug-likeness (QED) is 0.369. The first-order chi connectivity index (χ1) is 4.57. The molecule has 0 nitrogen and oxygen atoms in total. The van der Waals surface area contributed by atoms with Crippen LogP contribution in [0.2, 0.25) is 0 Å². The molecule has 13 radical (unpaired) electrons. The molecular weight excluding hydrogens is 159 g/mol. The fraction of sp³-hybridized carbons (Fsp3) is 0. The molecule has 0 aromatic carbocycles. The SMILES string of the molecule is [B][B]B([B]B([B])[B])B([B])[B].[V]. The summed E-state index contributed by atoms with van der Waals surface area (Å²) in [6.45, 7) is 0. The summed E-state index contributed by atoms with van der Waals surface area (Å²) in [7, 11) is 29.3. The molecule has 35 valence electrons. The summed E-state index contributed by atoms with van der Waals surface area (Å²) in [5.74, 6) is 0. The van der Waals surface area contributed by atoms with Gasteiger partial charge in [0.1, 0.15) is 0 Å². The minimum absolute atomic E-state index is 0. The molecule has 0 aliphatic heterocycles. The van der Waals surface area contributed by atoms with Gasteiger partial charge in [-0.3, -0.25) is 0 Å². The summed E-state index contributed by atoms with van der Waals surface area (Å²) in [6.07, 6.45) is -1.28. The smallest absolute Gasteiger partial charge is 0 e. The van der Waals surface area contributed by atoms with E-state index in [-0.39, 0.29) is 24.9 Å². The first kappa shape index (κ1) is 14.7. The van der Waals surface area contributed by atoms with Crippen molar-refractivity contribution in [3.63, 3.8) is 0 Å². The Labute approximate surface area is 90.4 Å². The van der Waals surface area contributed by atoms with E-state index in [1.54, 1.807) is 7.06 Å². The molecule has 0 saturated carbocycles. The first-order valence-corrected chi connectivity index (χ1v) is 3.00. The van der Waals surface area contributed by atoms with Crippen LogP contribution < -0.4 is 0 Å². The Bertz CT molecular complexity index is 76.9. The van der Waals surface area contributed by atoms with Crippen molar-refractivity contribution in [3.8, 4) is 0 Å². The van der Waals surface area contributed by atoms with Gasteiger partial charge in [-0.2, -0.15) is 0 Å². The Morgan fingerprint density at radius 1 is 1.00 bits per heavy atom. The van der Waals surface area contributed by atoms with E-state index in [1.807, 2.05) is 0 Å². The van der Waals surface area contributed by atoms with Gasteiger partial charge in [-0.15, -0.1) is 0 Å². The van der Waals surface area contributed by atoms with Crippen LogP contribution in [0.5, 0.6) is 0 Å². The summed E-state index contributed by atoms with van der Waals surface area (Å²) in [5.41, 5.74) is 0. The summed E-state index contributed by atoms with van der Waals surface area (Å²) in [5, 5.41) is 0. The van der Waals surface area contributed by atoms with Crippen molar-refractivity contribution in [1.29, 1.82) is 0 Å². The van der Waals surface area contributed by atoms with E-state index in [0.29, 0.717) is 0 Å². The van der Waals surface area contributed by atoms with Crippen molar-refractivity contribution in [1.82, 2.24) is 0 Å². The zero-order valence-electron chi connectivity index (χ0n) is 6.22. The molecule has 0 rings (SSSR count). The van der Waals surface area contributed by atoms with Gasteiger partial charge in [-0.1, -0.05) is 0 Å². The predicted octanol–water partition coefficient (Wildman–Crippen LogP) is -3.81. The van der Waals surface area contributed by atoms with E-state index in [4.69, 9.17) is 38.7 Å². The molecule has 11 heteroatoms. The topological polar surface area (TPSA) is 0 Å². The Hall–Kier alpha value is 1.23. The molecule has 0 fully saturated rings. The monoisotopic (exact) mass is 161 g/mol. The predicted molar refractivity (Wildman–Crippen MR) is 57.5 cm³/mol. The zero-order chi connectivity index (χ0) is 8.15. The van der Waals surface area contributed by atoms with Crippen molar-refractivity contribution in [2.24, 2.45) is 0 Å². The average molecular weight is 159 g/mol. The van der Waals surface area contributed by atoms with Crippen LogP contribution in [0.4, 0.5) is 0 Å². The van der Waals surface area contributed by atoms with Gasteiger partial charge in [0.05, 0.1) is 0 Å². The standard InChI is InChI=1S/B10.V/c1-6-10(9(4)5)7-8(2)3;. The fourth-order valence-corrected chi connectivity index (χ4v) is 0.577. The van der Waals surface area contributed by atoms with Crippen LogP contribution in [0.25, 0.3) is 0 Å². The van der Waals surface area contributed by atoms with Crippen LogP contribution in [0.1, 0.15) is 0 Å². The molecule has 0 unspecified atom stereocenters. The van der Waals surface area contributed by atoms with Crippen molar-refractivity contribution in [2.45, 2.75) is 0 Å². The van der Waals surface area contributed by atoms with E-state index >= 15 is 0 Å². The fourth-order valence-electron chi connectivity index (χ4n) is 0.577. The summed E-state index contributed by atoms with van der Waals surface area (Å²) < 4.78 is 0. The average Bonchev–Trinajstić information content (AvgIpc) is 1.81. The molecule has 0 N–H and O–H groups in total. The molecule has 0 aromatic rings. The maximum absolute atomic E-state index is 5.32.